The zero-order chi connectivity index (χ0) is 32.2. The van der Waals surface area contributed by atoms with E-state index >= 15 is 0 Å². The summed E-state index contributed by atoms with van der Waals surface area (Å²) in [6.07, 6.45) is 1.62. The summed E-state index contributed by atoms with van der Waals surface area (Å²) in [5, 5.41) is 20.5. The largest absolute Gasteiger partial charge is 0.507 e. The van der Waals surface area contributed by atoms with Gasteiger partial charge in [-0.1, -0.05) is 71.6 Å². The van der Waals surface area contributed by atoms with Crippen LogP contribution >= 0.6 is 23.1 Å². The average molecular weight is 658 g/mol. The normalized spacial score (nSPS) is 16.8. The van der Waals surface area contributed by atoms with E-state index in [0.29, 0.717) is 64.0 Å². The molecule has 1 amide bonds. The molecule has 0 aliphatic carbocycles. The number of ketones is 1. The average Bonchev–Trinajstić information content (AvgIpc) is 3.65. The van der Waals surface area contributed by atoms with Gasteiger partial charge in [0.2, 0.25) is 5.13 Å². The minimum absolute atomic E-state index is 0.104. The Morgan fingerprint density at radius 1 is 1.04 bits per heavy atom. The van der Waals surface area contributed by atoms with E-state index in [9.17, 15) is 14.7 Å². The van der Waals surface area contributed by atoms with Gasteiger partial charge >= 0.3 is 5.91 Å². The lowest BCUT2D eigenvalue weighted by molar-refractivity contribution is -0.132. The van der Waals surface area contributed by atoms with Crippen LogP contribution in [0.25, 0.3) is 5.76 Å². The highest BCUT2D eigenvalue weighted by Crippen LogP contribution is 2.46. The van der Waals surface area contributed by atoms with Gasteiger partial charge in [0.1, 0.15) is 25.6 Å². The predicted molar refractivity (Wildman–Crippen MR) is 176 cm³/mol. The van der Waals surface area contributed by atoms with Gasteiger partial charge in [0.25, 0.3) is 5.78 Å². The van der Waals surface area contributed by atoms with Crippen LogP contribution in [0.3, 0.4) is 0 Å². The minimum atomic E-state index is -1.04. The zero-order valence-electron chi connectivity index (χ0n) is 25.2. The van der Waals surface area contributed by atoms with Gasteiger partial charge in [0.15, 0.2) is 27.3 Å². The van der Waals surface area contributed by atoms with Gasteiger partial charge in [-0.05, 0) is 55.3 Å². The first-order valence-electron chi connectivity index (χ1n) is 14.6. The minimum Gasteiger partial charge on any atom is -0.507 e. The van der Waals surface area contributed by atoms with E-state index in [4.69, 9.17) is 18.9 Å². The third kappa shape index (κ3) is 6.31. The quantitative estimate of drug-likeness (QED) is 0.0478. The number of aryl methyl sites for hydroxylation is 1. The lowest BCUT2D eigenvalue weighted by Crippen LogP contribution is -2.29. The Morgan fingerprint density at radius 3 is 2.59 bits per heavy atom. The monoisotopic (exact) mass is 657 g/mol. The van der Waals surface area contributed by atoms with Crippen molar-refractivity contribution < 1.29 is 33.6 Å². The summed E-state index contributed by atoms with van der Waals surface area (Å²) in [6.45, 7) is 8.95. The third-order valence-electron chi connectivity index (χ3n) is 7.28. The molecule has 1 aromatic heterocycles. The van der Waals surface area contributed by atoms with E-state index in [0.717, 1.165) is 5.56 Å². The van der Waals surface area contributed by atoms with Crippen molar-refractivity contribution in [2.24, 2.45) is 0 Å². The fourth-order valence-corrected chi connectivity index (χ4v) is 6.93. The van der Waals surface area contributed by atoms with Crippen LogP contribution < -0.4 is 23.8 Å². The number of benzene rings is 3. The SMILES string of the molecule is C=CCOc1ccc([C@@H]2C(=C(O)c3ccc4c(c3)OCCO4)C(=O)C(=O)N2c2nnc(SCc3ccc(C)cc3)s2)cc1OCC. The number of hydrogen-bond donors (Lipinski definition) is 1. The molecule has 0 radical (unpaired) electrons. The van der Waals surface area contributed by atoms with E-state index in [-0.39, 0.29) is 23.1 Å². The molecule has 4 aromatic rings. The van der Waals surface area contributed by atoms with Gasteiger partial charge in [-0.3, -0.25) is 14.5 Å². The highest BCUT2D eigenvalue weighted by Gasteiger charge is 2.48. The van der Waals surface area contributed by atoms with Crippen molar-refractivity contribution >= 4 is 45.7 Å². The van der Waals surface area contributed by atoms with E-state index < -0.39 is 17.7 Å². The summed E-state index contributed by atoms with van der Waals surface area (Å²) < 4.78 is 23.6. The molecule has 2 aliphatic rings. The van der Waals surface area contributed by atoms with Crippen molar-refractivity contribution in [3.63, 3.8) is 0 Å². The molecule has 3 heterocycles. The number of thioether (sulfide) groups is 1. The van der Waals surface area contributed by atoms with Crippen LogP contribution in [0.15, 0.2) is 83.2 Å². The van der Waals surface area contributed by atoms with Gasteiger partial charge in [0, 0.05) is 11.3 Å². The van der Waals surface area contributed by atoms with Crippen LogP contribution in [0.2, 0.25) is 0 Å². The molecule has 0 spiro atoms. The van der Waals surface area contributed by atoms with Crippen molar-refractivity contribution in [3.05, 3.63) is 101 Å². The van der Waals surface area contributed by atoms with Gasteiger partial charge in [-0.15, -0.1) is 10.2 Å². The third-order valence-corrected chi connectivity index (χ3v) is 9.41. The van der Waals surface area contributed by atoms with Gasteiger partial charge in [-0.2, -0.15) is 0 Å². The number of fused-ring (bicyclic) bond motifs is 1. The number of hydrogen-bond acceptors (Lipinski definition) is 11. The zero-order valence-corrected chi connectivity index (χ0v) is 26.9. The standard InChI is InChI=1S/C34H31N3O7S2/c1-4-14-42-24-12-10-22(17-26(24)41-5-2)29-28(30(38)23-11-13-25-27(18-23)44-16-15-43-25)31(39)32(40)37(29)33-35-36-34(46-33)45-19-21-8-6-20(3)7-9-21/h4,6-13,17-18,29,38H,1,5,14-16,19H2,2-3H3/t29-/m1/s1. The second-order valence-electron chi connectivity index (χ2n) is 10.4. The molecule has 0 saturated carbocycles. The number of carbonyl (C=O) groups excluding carboxylic acids is 2. The highest BCUT2D eigenvalue weighted by molar-refractivity contribution is 8.00. The summed E-state index contributed by atoms with van der Waals surface area (Å²) in [5.41, 5.74) is 3.00. The van der Waals surface area contributed by atoms with Gasteiger partial charge in [-0.25, -0.2) is 0 Å². The Kier molecular flexibility index (Phi) is 9.27. The number of aromatic nitrogens is 2. The Hall–Kier alpha value is -4.81. The summed E-state index contributed by atoms with van der Waals surface area (Å²) in [6, 6.07) is 17.2. The van der Waals surface area contributed by atoms with E-state index in [1.54, 1.807) is 42.5 Å². The second-order valence-corrected chi connectivity index (χ2v) is 12.6. The maximum atomic E-state index is 13.8. The smallest absolute Gasteiger partial charge is 0.301 e. The molecule has 1 N–H and O–H groups in total. The first-order valence-corrected chi connectivity index (χ1v) is 16.4. The number of anilines is 1. The first kappa shape index (κ1) is 31.2. The van der Waals surface area contributed by atoms with E-state index in [2.05, 4.69) is 28.9 Å². The van der Waals surface area contributed by atoms with E-state index in [1.807, 2.05) is 26.0 Å². The molecule has 0 unspecified atom stereocenters. The lowest BCUT2D eigenvalue weighted by Gasteiger charge is -2.24. The Balaban J connectivity index is 1.42. The maximum Gasteiger partial charge on any atom is 0.301 e. The number of aliphatic hydroxyl groups excluding tert-OH is 1. The number of rotatable bonds is 11. The number of amides is 1. The van der Waals surface area contributed by atoms with Crippen LogP contribution in [0, 0.1) is 6.92 Å². The Bertz CT molecular complexity index is 1820. The van der Waals surface area contributed by atoms with Gasteiger partial charge in [0.05, 0.1) is 18.2 Å². The topological polar surface area (TPSA) is 120 Å². The summed E-state index contributed by atoms with van der Waals surface area (Å²) in [5.74, 6) is 0.463. The molecule has 10 nitrogen and oxygen atoms in total. The lowest BCUT2D eigenvalue weighted by atomic mass is 9.95. The molecular formula is C34H31N3O7S2. The first-order chi connectivity index (χ1) is 22.4. The fraction of sp³-hybridized carbons (Fsp3) is 0.235. The van der Waals surface area contributed by atoms with Crippen molar-refractivity contribution in [1.29, 1.82) is 0 Å². The van der Waals surface area contributed by atoms with Crippen LogP contribution in [0.4, 0.5) is 5.13 Å². The van der Waals surface area contributed by atoms with Crippen LogP contribution in [0.1, 0.15) is 35.2 Å². The summed E-state index contributed by atoms with van der Waals surface area (Å²) in [7, 11) is 0. The Labute approximate surface area is 274 Å². The number of Topliss-reactive ketones (excluding diaryl/α,β-unsaturated/α-hetero) is 1. The molecule has 0 bridgehead atoms. The van der Waals surface area contributed by atoms with Crippen LogP contribution in [-0.2, 0) is 15.3 Å². The molecule has 1 atom stereocenters. The van der Waals surface area contributed by atoms with Crippen LogP contribution in [-0.4, -0.2) is 53.4 Å². The molecular weight excluding hydrogens is 627 g/mol. The molecule has 6 rings (SSSR count). The summed E-state index contributed by atoms with van der Waals surface area (Å²) in [4.78, 5) is 28.8. The van der Waals surface area contributed by atoms with Crippen molar-refractivity contribution in [1.82, 2.24) is 10.2 Å². The highest BCUT2D eigenvalue weighted by atomic mass is 32.2. The molecule has 12 heteroatoms. The van der Waals surface area contributed by atoms with Crippen molar-refractivity contribution in [3.8, 4) is 23.0 Å². The maximum absolute atomic E-state index is 13.8. The van der Waals surface area contributed by atoms with Crippen molar-refractivity contribution in [2.75, 3.05) is 31.3 Å². The van der Waals surface area contributed by atoms with Crippen molar-refractivity contribution in [2.45, 2.75) is 30.0 Å². The molecule has 1 fully saturated rings. The second kappa shape index (κ2) is 13.7. The predicted octanol–water partition coefficient (Wildman–Crippen LogP) is 6.50. The number of nitrogens with zero attached hydrogens (tertiary/aromatic N) is 3. The van der Waals surface area contributed by atoms with Crippen LogP contribution in [0.5, 0.6) is 23.0 Å². The molecule has 46 heavy (non-hydrogen) atoms. The molecule has 1 saturated heterocycles. The van der Waals surface area contributed by atoms with E-state index in [1.165, 1.54) is 33.6 Å². The molecule has 3 aromatic carbocycles. The molecule has 236 valence electrons. The summed E-state index contributed by atoms with van der Waals surface area (Å²) >= 11 is 2.68. The number of carbonyl (C=O) groups is 2. The fourth-order valence-electron chi connectivity index (χ4n) is 5.11. The Morgan fingerprint density at radius 2 is 1.83 bits per heavy atom. The molecule has 2 aliphatic heterocycles. The number of ether oxygens (including phenoxy) is 4. The number of aliphatic hydroxyl groups is 1. The van der Waals surface area contributed by atoms with Gasteiger partial charge < -0.3 is 24.1 Å².